The molecule has 6 nitrogen and oxygen atoms in total. The summed E-state index contributed by atoms with van der Waals surface area (Å²) in [6, 6.07) is 18.0. The van der Waals surface area contributed by atoms with Gasteiger partial charge in [0.15, 0.2) is 0 Å². The van der Waals surface area contributed by atoms with Crippen LogP contribution in [0.1, 0.15) is 24.8 Å². The molecule has 150 valence electrons. The average molecular weight is 390 g/mol. The molecule has 1 fully saturated rings. The van der Waals surface area contributed by atoms with E-state index in [0.29, 0.717) is 0 Å². The van der Waals surface area contributed by atoms with E-state index in [1.165, 1.54) is 19.3 Å². The number of rotatable bonds is 6. The van der Waals surface area contributed by atoms with Crippen LogP contribution in [0.2, 0.25) is 0 Å². The van der Waals surface area contributed by atoms with Crippen molar-refractivity contribution in [2.75, 3.05) is 35.7 Å². The van der Waals surface area contributed by atoms with Gasteiger partial charge in [-0.2, -0.15) is 9.97 Å². The first-order valence-corrected chi connectivity index (χ1v) is 10.1. The van der Waals surface area contributed by atoms with Crippen LogP contribution >= 0.6 is 0 Å². The number of hydrogen-bond acceptors (Lipinski definition) is 6. The minimum absolute atomic E-state index is 0.763. The van der Waals surface area contributed by atoms with Crippen molar-refractivity contribution in [3.05, 3.63) is 60.2 Å². The van der Waals surface area contributed by atoms with E-state index in [9.17, 15) is 0 Å². The highest BCUT2D eigenvalue weighted by atomic mass is 16.5. The first kappa shape index (κ1) is 19.1. The lowest BCUT2D eigenvalue weighted by Gasteiger charge is -2.27. The van der Waals surface area contributed by atoms with Crippen LogP contribution in [0.15, 0.2) is 54.6 Å². The number of hydrogen-bond donors (Lipinski definition) is 2. The Morgan fingerprint density at radius 2 is 1.59 bits per heavy atom. The second kappa shape index (κ2) is 8.82. The van der Waals surface area contributed by atoms with Crippen LogP contribution in [-0.4, -0.2) is 30.2 Å². The predicted octanol–water partition coefficient (Wildman–Crippen LogP) is 5.27. The molecule has 0 radical (unpaired) electrons. The van der Waals surface area contributed by atoms with Crippen LogP contribution in [0.3, 0.4) is 0 Å². The Kier molecular flexibility index (Phi) is 5.79. The normalized spacial score (nSPS) is 13.8. The van der Waals surface area contributed by atoms with E-state index < -0.39 is 0 Å². The smallest absolute Gasteiger partial charge is 0.229 e. The van der Waals surface area contributed by atoms with Gasteiger partial charge in [-0.15, -0.1) is 0 Å². The highest BCUT2D eigenvalue weighted by molar-refractivity contribution is 5.67. The van der Waals surface area contributed by atoms with Gasteiger partial charge in [-0.1, -0.05) is 18.2 Å². The Labute approximate surface area is 172 Å². The van der Waals surface area contributed by atoms with Gasteiger partial charge in [0, 0.05) is 30.5 Å². The largest absolute Gasteiger partial charge is 0.497 e. The molecule has 6 heteroatoms. The first-order chi connectivity index (χ1) is 14.2. The van der Waals surface area contributed by atoms with E-state index >= 15 is 0 Å². The summed E-state index contributed by atoms with van der Waals surface area (Å²) in [4.78, 5) is 11.9. The zero-order valence-corrected chi connectivity index (χ0v) is 17.0. The molecule has 1 aliphatic rings. The lowest BCUT2D eigenvalue weighted by Crippen LogP contribution is -2.31. The maximum absolute atomic E-state index is 5.31. The van der Waals surface area contributed by atoms with Gasteiger partial charge in [0.05, 0.1) is 7.11 Å². The molecular weight excluding hydrogens is 362 g/mol. The van der Waals surface area contributed by atoms with Crippen LogP contribution < -0.4 is 20.3 Å². The third kappa shape index (κ3) is 4.77. The monoisotopic (exact) mass is 389 g/mol. The number of aryl methyl sites for hydroxylation is 1. The molecule has 0 amide bonds. The first-order valence-electron chi connectivity index (χ1n) is 10.1. The molecule has 0 unspecified atom stereocenters. The van der Waals surface area contributed by atoms with Gasteiger partial charge >= 0.3 is 0 Å². The van der Waals surface area contributed by atoms with Gasteiger partial charge in [0.2, 0.25) is 5.95 Å². The van der Waals surface area contributed by atoms with Crippen LogP contribution in [0.5, 0.6) is 5.75 Å². The minimum Gasteiger partial charge on any atom is -0.497 e. The summed E-state index contributed by atoms with van der Waals surface area (Å²) in [7, 11) is 1.68. The van der Waals surface area contributed by atoms with Crippen molar-refractivity contribution in [1.82, 2.24) is 9.97 Å². The lowest BCUT2D eigenvalue weighted by atomic mass is 10.1. The van der Waals surface area contributed by atoms with E-state index in [1.807, 2.05) is 54.6 Å². The molecule has 0 saturated carbocycles. The molecule has 0 aliphatic carbocycles. The maximum Gasteiger partial charge on any atom is 0.229 e. The van der Waals surface area contributed by atoms with Crippen molar-refractivity contribution in [3.8, 4) is 5.75 Å². The van der Waals surface area contributed by atoms with E-state index in [-0.39, 0.29) is 0 Å². The van der Waals surface area contributed by atoms with Crippen molar-refractivity contribution < 1.29 is 4.74 Å². The molecule has 3 aromatic rings. The standard InChI is InChI=1S/C23H27N5O/c1-17-15-19(29-2)11-12-20(17)25-22-16-21(24-18-9-5-3-6-10-18)26-23(27-22)28-13-7-4-8-14-28/h3,5-6,9-12,15-16H,4,7-8,13-14H2,1-2H3,(H2,24,25,26,27). The Morgan fingerprint density at radius 3 is 2.28 bits per heavy atom. The van der Waals surface area contributed by atoms with Crippen LogP contribution in [0, 0.1) is 6.92 Å². The number of para-hydroxylation sites is 1. The summed E-state index contributed by atoms with van der Waals surface area (Å²) >= 11 is 0. The van der Waals surface area contributed by atoms with Crippen LogP contribution in [-0.2, 0) is 0 Å². The molecule has 2 aromatic carbocycles. The van der Waals surface area contributed by atoms with E-state index in [1.54, 1.807) is 7.11 Å². The number of nitrogens with zero attached hydrogens (tertiary/aromatic N) is 3. The summed E-state index contributed by atoms with van der Waals surface area (Å²) in [5, 5.41) is 6.86. The van der Waals surface area contributed by atoms with E-state index in [0.717, 1.165) is 53.4 Å². The minimum atomic E-state index is 0.763. The molecule has 2 heterocycles. The zero-order chi connectivity index (χ0) is 20.1. The Bertz CT molecular complexity index is 955. The summed E-state index contributed by atoms with van der Waals surface area (Å²) in [5.74, 6) is 3.16. The number of ether oxygens (including phenoxy) is 1. The molecule has 0 spiro atoms. The summed E-state index contributed by atoms with van der Waals surface area (Å²) in [5.41, 5.74) is 3.10. The van der Waals surface area contributed by atoms with Gasteiger partial charge in [-0.05, 0) is 62.1 Å². The fraction of sp³-hybridized carbons (Fsp3) is 0.304. The molecule has 0 bridgehead atoms. The Hall–Kier alpha value is -3.28. The predicted molar refractivity (Wildman–Crippen MR) is 119 cm³/mol. The van der Waals surface area contributed by atoms with Gasteiger partial charge < -0.3 is 20.3 Å². The molecule has 2 N–H and O–H groups in total. The summed E-state index contributed by atoms with van der Waals surface area (Å²) < 4.78 is 5.31. The second-order valence-electron chi connectivity index (χ2n) is 7.28. The van der Waals surface area contributed by atoms with Crippen molar-refractivity contribution in [2.45, 2.75) is 26.2 Å². The maximum atomic E-state index is 5.31. The number of benzene rings is 2. The molecule has 29 heavy (non-hydrogen) atoms. The summed E-state index contributed by atoms with van der Waals surface area (Å²) in [6.07, 6.45) is 3.63. The van der Waals surface area contributed by atoms with E-state index in [4.69, 9.17) is 14.7 Å². The third-order valence-electron chi connectivity index (χ3n) is 5.10. The number of nitrogens with one attached hydrogen (secondary N) is 2. The van der Waals surface area contributed by atoms with Gasteiger partial charge in [0.1, 0.15) is 17.4 Å². The van der Waals surface area contributed by atoms with Crippen LogP contribution in [0.25, 0.3) is 0 Å². The van der Waals surface area contributed by atoms with Gasteiger partial charge in [0.25, 0.3) is 0 Å². The third-order valence-corrected chi connectivity index (χ3v) is 5.10. The van der Waals surface area contributed by atoms with Crippen molar-refractivity contribution in [2.24, 2.45) is 0 Å². The lowest BCUT2D eigenvalue weighted by molar-refractivity contribution is 0.414. The van der Waals surface area contributed by atoms with E-state index in [2.05, 4.69) is 22.5 Å². The molecular formula is C23H27N5O. The highest BCUT2D eigenvalue weighted by Gasteiger charge is 2.16. The van der Waals surface area contributed by atoms with Gasteiger partial charge in [-0.3, -0.25) is 0 Å². The molecule has 1 saturated heterocycles. The quantitative estimate of drug-likeness (QED) is 0.599. The van der Waals surface area contributed by atoms with Crippen molar-refractivity contribution >= 4 is 29.0 Å². The number of methoxy groups -OCH3 is 1. The van der Waals surface area contributed by atoms with Crippen molar-refractivity contribution in [1.29, 1.82) is 0 Å². The zero-order valence-electron chi connectivity index (χ0n) is 17.0. The Morgan fingerprint density at radius 1 is 0.862 bits per heavy atom. The summed E-state index contributed by atoms with van der Waals surface area (Å²) in [6.45, 7) is 4.05. The fourth-order valence-corrected chi connectivity index (χ4v) is 3.51. The van der Waals surface area contributed by atoms with Gasteiger partial charge in [-0.25, -0.2) is 0 Å². The number of piperidine rings is 1. The topological polar surface area (TPSA) is 62.3 Å². The SMILES string of the molecule is COc1ccc(Nc2cc(Nc3ccccc3)nc(N3CCCCC3)n2)c(C)c1. The molecule has 1 aromatic heterocycles. The molecule has 0 atom stereocenters. The number of aromatic nitrogens is 2. The van der Waals surface area contributed by atoms with Crippen LogP contribution in [0.4, 0.5) is 29.0 Å². The van der Waals surface area contributed by atoms with Crippen molar-refractivity contribution in [3.63, 3.8) is 0 Å². The average Bonchev–Trinajstić information content (AvgIpc) is 2.76. The highest BCUT2D eigenvalue weighted by Crippen LogP contribution is 2.27. The fourth-order valence-electron chi connectivity index (χ4n) is 3.51. The molecule has 1 aliphatic heterocycles. The Balaban J connectivity index is 1.65. The molecule has 4 rings (SSSR count). The number of anilines is 5. The second-order valence-corrected chi connectivity index (χ2v) is 7.28.